The van der Waals surface area contributed by atoms with Gasteiger partial charge in [0.1, 0.15) is 0 Å². The molecule has 0 rings (SSSR count). The summed E-state index contributed by atoms with van der Waals surface area (Å²) in [6.45, 7) is 4.59. The first kappa shape index (κ1) is 34.7. The minimum absolute atomic E-state index is 0.456. The van der Waals surface area contributed by atoms with Gasteiger partial charge in [-0.25, -0.2) is 0 Å². The van der Waals surface area contributed by atoms with Gasteiger partial charge in [0.15, 0.2) is 0 Å². The second-order valence-electron chi connectivity index (χ2n) is 11.5. The third kappa shape index (κ3) is 31.7. The normalized spacial score (nSPS) is 12.7. The molecule has 0 aromatic carbocycles. The minimum atomic E-state index is 0.456. The Labute approximate surface area is 223 Å². The van der Waals surface area contributed by atoms with Crippen molar-refractivity contribution in [1.82, 2.24) is 0 Å². The van der Waals surface area contributed by atoms with Gasteiger partial charge in [0.25, 0.3) is 0 Å². The zero-order valence-corrected chi connectivity index (χ0v) is 24.8. The lowest BCUT2D eigenvalue weighted by Crippen LogP contribution is -2.19. The van der Waals surface area contributed by atoms with E-state index in [0.29, 0.717) is 6.04 Å². The molecule has 0 radical (unpaired) electrons. The molecular formula is C34H69N. The lowest BCUT2D eigenvalue weighted by atomic mass is 10.0. The largest absolute Gasteiger partial charge is 0.328 e. The quantitative estimate of drug-likeness (QED) is 0.0784. The van der Waals surface area contributed by atoms with E-state index in [1.807, 2.05) is 0 Å². The standard InChI is InChI=1S/C34H69N/c1-3-5-7-9-11-13-15-17-19-21-23-25-27-29-31-33-34(35)32-30-28-26-24-22-20-18-16-14-12-10-8-6-4-2/h17,19,34H,3-16,18,20-33,35H2,1-2H3. The SMILES string of the molecule is CCCCCCCCC=CCCCCCCCC(N)CCCCCCCCCCCCCCCC. The Kier molecular flexibility index (Phi) is 31.5. The van der Waals surface area contributed by atoms with Crippen LogP contribution in [0.2, 0.25) is 0 Å². The summed E-state index contributed by atoms with van der Waals surface area (Å²) in [6, 6.07) is 0.456. The van der Waals surface area contributed by atoms with Crippen molar-refractivity contribution in [2.24, 2.45) is 5.73 Å². The molecule has 0 spiro atoms. The Morgan fingerprint density at radius 1 is 0.371 bits per heavy atom. The van der Waals surface area contributed by atoms with Crippen molar-refractivity contribution in [3.05, 3.63) is 12.2 Å². The maximum absolute atomic E-state index is 6.37. The molecule has 1 unspecified atom stereocenters. The second kappa shape index (κ2) is 31.7. The summed E-state index contributed by atoms with van der Waals surface area (Å²) in [5, 5.41) is 0. The second-order valence-corrected chi connectivity index (χ2v) is 11.5. The third-order valence-corrected chi connectivity index (χ3v) is 7.77. The van der Waals surface area contributed by atoms with Crippen molar-refractivity contribution in [1.29, 1.82) is 0 Å². The van der Waals surface area contributed by atoms with Gasteiger partial charge in [-0.1, -0.05) is 174 Å². The average Bonchev–Trinajstić information content (AvgIpc) is 2.86. The topological polar surface area (TPSA) is 26.0 Å². The molecular weight excluding hydrogens is 422 g/mol. The summed E-state index contributed by atoms with van der Waals surface area (Å²) in [5.74, 6) is 0. The van der Waals surface area contributed by atoms with Crippen LogP contribution >= 0.6 is 0 Å². The smallest absolute Gasteiger partial charge is 0.00388 e. The summed E-state index contributed by atoms with van der Waals surface area (Å²) in [4.78, 5) is 0. The maximum Gasteiger partial charge on any atom is 0.00388 e. The molecule has 0 saturated carbocycles. The third-order valence-electron chi connectivity index (χ3n) is 7.77. The van der Waals surface area contributed by atoms with Crippen LogP contribution in [-0.4, -0.2) is 6.04 Å². The van der Waals surface area contributed by atoms with Crippen molar-refractivity contribution >= 4 is 0 Å². The highest BCUT2D eigenvalue weighted by molar-refractivity contribution is 4.81. The van der Waals surface area contributed by atoms with Gasteiger partial charge in [0.05, 0.1) is 0 Å². The van der Waals surface area contributed by atoms with Crippen molar-refractivity contribution in [3.63, 3.8) is 0 Å². The fourth-order valence-electron chi connectivity index (χ4n) is 5.22. The van der Waals surface area contributed by atoms with E-state index in [4.69, 9.17) is 5.73 Å². The number of unbranched alkanes of at least 4 members (excludes halogenated alkanes) is 24. The average molecular weight is 492 g/mol. The Morgan fingerprint density at radius 2 is 0.629 bits per heavy atom. The molecule has 1 atom stereocenters. The van der Waals surface area contributed by atoms with Crippen LogP contribution in [0, 0.1) is 0 Å². The molecule has 2 N–H and O–H groups in total. The number of hydrogen-bond acceptors (Lipinski definition) is 1. The first-order valence-corrected chi connectivity index (χ1v) is 16.7. The van der Waals surface area contributed by atoms with Crippen LogP contribution < -0.4 is 5.73 Å². The van der Waals surface area contributed by atoms with Crippen LogP contribution in [0.15, 0.2) is 12.2 Å². The highest BCUT2D eigenvalue weighted by Gasteiger charge is 2.02. The molecule has 0 aromatic heterocycles. The minimum Gasteiger partial charge on any atom is -0.328 e. The summed E-state index contributed by atoms with van der Waals surface area (Å²) in [5.41, 5.74) is 6.37. The highest BCUT2D eigenvalue weighted by atomic mass is 14.6. The predicted octanol–water partition coefficient (Wildman–Crippen LogP) is 12.2. The molecule has 0 aliphatic carbocycles. The summed E-state index contributed by atoms with van der Waals surface area (Å²) >= 11 is 0. The van der Waals surface area contributed by atoms with Crippen LogP contribution in [0.3, 0.4) is 0 Å². The first-order valence-electron chi connectivity index (χ1n) is 16.7. The van der Waals surface area contributed by atoms with Crippen LogP contribution in [0.5, 0.6) is 0 Å². The molecule has 35 heavy (non-hydrogen) atoms. The van der Waals surface area contributed by atoms with E-state index in [0.717, 1.165) is 0 Å². The molecule has 0 aliphatic rings. The van der Waals surface area contributed by atoms with E-state index in [-0.39, 0.29) is 0 Å². The highest BCUT2D eigenvalue weighted by Crippen LogP contribution is 2.15. The number of rotatable bonds is 30. The molecule has 0 heterocycles. The summed E-state index contributed by atoms with van der Waals surface area (Å²) in [6.07, 6.45) is 45.4. The first-order chi connectivity index (χ1) is 17.3. The molecule has 1 heteroatoms. The zero-order chi connectivity index (χ0) is 25.5. The number of nitrogens with two attached hydrogens (primary N) is 1. The van der Waals surface area contributed by atoms with E-state index in [2.05, 4.69) is 26.0 Å². The Morgan fingerprint density at radius 3 is 0.943 bits per heavy atom. The van der Waals surface area contributed by atoms with Gasteiger partial charge in [0, 0.05) is 6.04 Å². The van der Waals surface area contributed by atoms with Crippen LogP contribution in [0.1, 0.15) is 200 Å². The van der Waals surface area contributed by atoms with Gasteiger partial charge in [-0.15, -0.1) is 0 Å². The van der Waals surface area contributed by atoms with Gasteiger partial charge in [-0.2, -0.15) is 0 Å². The summed E-state index contributed by atoms with van der Waals surface area (Å²) < 4.78 is 0. The number of allylic oxidation sites excluding steroid dienone is 2. The maximum atomic E-state index is 6.37. The number of hydrogen-bond donors (Lipinski definition) is 1. The van der Waals surface area contributed by atoms with E-state index in [1.165, 1.54) is 186 Å². The van der Waals surface area contributed by atoms with Crippen molar-refractivity contribution in [2.75, 3.05) is 0 Å². The van der Waals surface area contributed by atoms with Gasteiger partial charge in [-0.05, 0) is 38.5 Å². The fraction of sp³-hybridized carbons (Fsp3) is 0.941. The van der Waals surface area contributed by atoms with E-state index < -0.39 is 0 Å². The molecule has 210 valence electrons. The Bertz CT molecular complexity index is 388. The van der Waals surface area contributed by atoms with Gasteiger partial charge in [-0.3, -0.25) is 0 Å². The fourth-order valence-corrected chi connectivity index (χ4v) is 5.22. The Balaban J connectivity index is 3.18. The molecule has 0 saturated heterocycles. The van der Waals surface area contributed by atoms with Crippen molar-refractivity contribution < 1.29 is 0 Å². The lowest BCUT2D eigenvalue weighted by molar-refractivity contribution is 0.481. The molecule has 0 fully saturated rings. The molecule has 0 bridgehead atoms. The van der Waals surface area contributed by atoms with Gasteiger partial charge >= 0.3 is 0 Å². The van der Waals surface area contributed by atoms with Crippen molar-refractivity contribution in [3.8, 4) is 0 Å². The Hall–Kier alpha value is -0.300. The lowest BCUT2D eigenvalue weighted by Gasteiger charge is -2.11. The van der Waals surface area contributed by atoms with Crippen molar-refractivity contribution in [2.45, 2.75) is 206 Å². The predicted molar refractivity (Wildman–Crippen MR) is 162 cm³/mol. The van der Waals surface area contributed by atoms with Crippen LogP contribution in [0.25, 0.3) is 0 Å². The van der Waals surface area contributed by atoms with Crippen LogP contribution in [0.4, 0.5) is 0 Å². The molecule has 0 aliphatic heterocycles. The van der Waals surface area contributed by atoms with E-state index >= 15 is 0 Å². The van der Waals surface area contributed by atoms with Gasteiger partial charge < -0.3 is 5.73 Å². The van der Waals surface area contributed by atoms with Gasteiger partial charge in [0.2, 0.25) is 0 Å². The zero-order valence-electron chi connectivity index (χ0n) is 24.8. The summed E-state index contributed by atoms with van der Waals surface area (Å²) in [7, 11) is 0. The van der Waals surface area contributed by atoms with Crippen LogP contribution in [-0.2, 0) is 0 Å². The van der Waals surface area contributed by atoms with E-state index in [9.17, 15) is 0 Å². The van der Waals surface area contributed by atoms with E-state index in [1.54, 1.807) is 0 Å². The molecule has 0 amide bonds. The molecule has 1 nitrogen and oxygen atoms in total. The monoisotopic (exact) mass is 492 g/mol. The molecule has 0 aromatic rings.